The minimum absolute atomic E-state index is 0.0526. The van der Waals surface area contributed by atoms with Crippen molar-refractivity contribution in [1.82, 2.24) is 0 Å². The van der Waals surface area contributed by atoms with Crippen LogP contribution in [-0.4, -0.2) is 10.2 Å². The minimum Gasteiger partial charge on any atom is -0.281 e. The summed E-state index contributed by atoms with van der Waals surface area (Å²) in [6.45, 7) is 12.4. The van der Waals surface area contributed by atoms with Gasteiger partial charge in [-0.25, -0.2) is 0 Å². The molecule has 0 fully saturated rings. The maximum absolute atomic E-state index is 12.9. The fourth-order valence-electron chi connectivity index (χ4n) is 4.51. The zero-order chi connectivity index (χ0) is 21.7. The van der Waals surface area contributed by atoms with Crippen LogP contribution in [0.25, 0.3) is 9.81 Å². The van der Waals surface area contributed by atoms with Gasteiger partial charge in [-0.2, -0.15) is 0 Å². The zero-order valence-electron chi connectivity index (χ0n) is 18.1. The highest BCUT2D eigenvalue weighted by Crippen LogP contribution is 2.46. The van der Waals surface area contributed by atoms with Crippen LogP contribution in [0.3, 0.4) is 0 Å². The average Bonchev–Trinajstić information content (AvgIpc) is 3.15. The molecule has 0 radical (unpaired) electrons. The van der Waals surface area contributed by atoms with Gasteiger partial charge in [0.2, 0.25) is 10.2 Å². The van der Waals surface area contributed by atoms with Crippen molar-refractivity contribution in [2.75, 3.05) is 0 Å². The molecule has 2 nitrogen and oxygen atoms in total. The molecule has 0 amide bonds. The predicted octanol–water partition coefficient (Wildman–Crippen LogP) is 6.76. The Morgan fingerprint density at radius 1 is 0.533 bits per heavy atom. The van der Waals surface area contributed by atoms with Crippen LogP contribution in [0.4, 0.5) is 0 Å². The highest BCUT2D eigenvalue weighted by molar-refractivity contribution is 8.23. The number of hydrogen-bond donors (Lipinski definition) is 0. The smallest absolute Gasteiger partial charge is 0.224 e. The lowest BCUT2D eigenvalue weighted by Crippen LogP contribution is -1.98. The molecule has 2 aromatic carbocycles. The molecule has 0 N–H and O–H groups in total. The molecule has 4 rings (SSSR count). The Kier molecular flexibility index (Phi) is 5.41. The Labute approximate surface area is 186 Å². The lowest BCUT2D eigenvalue weighted by molar-refractivity contribution is -0.109. The molecule has 30 heavy (non-hydrogen) atoms. The van der Waals surface area contributed by atoms with Crippen LogP contribution in [0.5, 0.6) is 0 Å². The predicted molar refractivity (Wildman–Crippen MR) is 129 cm³/mol. The molecule has 2 heterocycles. The van der Waals surface area contributed by atoms with Gasteiger partial charge in [0, 0.05) is 21.0 Å². The number of rotatable bonds is 2. The second kappa shape index (κ2) is 7.75. The summed E-state index contributed by atoms with van der Waals surface area (Å²) in [5.74, 6) is 0. The van der Waals surface area contributed by atoms with Crippen molar-refractivity contribution >= 4 is 43.6 Å². The summed E-state index contributed by atoms with van der Waals surface area (Å²) in [5.41, 5.74) is 10.3. The third kappa shape index (κ3) is 3.63. The summed E-state index contributed by atoms with van der Waals surface area (Å²) in [5, 5.41) is -0.105. The molecule has 152 valence electrons. The van der Waals surface area contributed by atoms with E-state index in [9.17, 15) is 9.59 Å². The molecule has 2 aliphatic heterocycles. The van der Waals surface area contributed by atoms with E-state index in [1.54, 1.807) is 0 Å². The Balaban J connectivity index is 1.82. The van der Waals surface area contributed by atoms with Gasteiger partial charge < -0.3 is 0 Å². The summed E-state index contributed by atoms with van der Waals surface area (Å²) in [6.07, 6.45) is 3.81. The summed E-state index contributed by atoms with van der Waals surface area (Å²) in [7, 11) is 0. The Hall–Kier alpha value is -2.30. The first-order valence-corrected chi connectivity index (χ1v) is 11.6. The first-order valence-electron chi connectivity index (χ1n) is 9.94. The normalized spacial score (nSPS) is 18.9. The van der Waals surface area contributed by atoms with Crippen molar-refractivity contribution in [2.24, 2.45) is 0 Å². The van der Waals surface area contributed by atoms with Crippen molar-refractivity contribution in [2.45, 2.75) is 41.5 Å². The third-order valence-corrected chi connectivity index (χ3v) is 7.43. The first-order chi connectivity index (χ1) is 14.2. The first kappa shape index (κ1) is 21.0. The van der Waals surface area contributed by atoms with E-state index >= 15 is 0 Å². The Morgan fingerprint density at radius 3 is 1.13 bits per heavy atom. The molecule has 0 bridgehead atoms. The van der Waals surface area contributed by atoms with E-state index in [4.69, 9.17) is 0 Å². The molecule has 0 aromatic heterocycles. The lowest BCUT2D eigenvalue weighted by atomic mass is 9.97. The number of thioether (sulfide) groups is 2. The monoisotopic (exact) mass is 432 g/mol. The SMILES string of the molecule is Cc1cc(C)c(C2=C/C(=C3/C=C(c4c(C)cc(C)cc4C)SC3=O)C(=O)S2)c(C)c1. The quantitative estimate of drug-likeness (QED) is 0.491. The van der Waals surface area contributed by atoms with Gasteiger partial charge in [0.15, 0.2) is 0 Å². The van der Waals surface area contributed by atoms with Crippen LogP contribution in [0.1, 0.15) is 44.5 Å². The van der Waals surface area contributed by atoms with Gasteiger partial charge >= 0.3 is 0 Å². The molecule has 2 aliphatic rings. The van der Waals surface area contributed by atoms with Crippen molar-refractivity contribution in [3.8, 4) is 0 Å². The van der Waals surface area contributed by atoms with Gasteiger partial charge in [-0.15, -0.1) is 0 Å². The van der Waals surface area contributed by atoms with Gasteiger partial charge in [-0.05, 0) is 111 Å². The summed E-state index contributed by atoms with van der Waals surface area (Å²) in [4.78, 5) is 27.6. The largest absolute Gasteiger partial charge is 0.281 e. The molecule has 0 saturated heterocycles. The maximum Gasteiger partial charge on any atom is 0.224 e. The Morgan fingerprint density at radius 2 is 0.833 bits per heavy atom. The van der Waals surface area contributed by atoms with Crippen molar-refractivity contribution in [3.63, 3.8) is 0 Å². The molecule has 4 heteroatoms. The molecular formula is C26H24O2S2. The van der Waals surface area contributed by atoms with Gasteiger partial charge in [-0.1, -0.05) is 35.4 Å². The van der Waals surface area contributed by atoms with E-state index in [1.165, 1.54) is 34.7 Å². The molecule has 2 aromatic rings. The summed E-state index contributed by atoms with van der Waals surface area (Å²) in [6, 6.07) is 8.54. The van der Waals surface area contributed by atoms with Crippen LogP contribution in [0.15, 0.2) is 47.6 Å². The van der Waals surface area contributed by atoms with Gasteiger partial charge in [-0.3, -0.25) is 9.59 Å². The van der Waals surface area contributed by atoms with Gasteiger partial charge in [0.05, 0.1) is 0 Å². The fourth-order valence-corrected chi connectivity index (χ4v) is 6.67. The third-order valence-electron chi connectivity index (χ3n) is 5.53. The molecular weight excluding hydrogens is 408 g/mol. The second-order valence-electron chi connectivity index (χ2n) is 8.17. The van der Waals surface area contributed by atoms with Gasteiger partial charge in [0.25, 0.3) is 0 Å². The molecule has 0 spiro atoms. The number of hydrogen-bond acceptors (Lipinski definition) is 4. The van der Waals surface area contributed by atoms with Crippen LogP contribution in [0.2, 0.25) is 0 Å². The highest BCUT2D eigenvalue weighted by atomic mass is 32.2. The maximum atomic E-state index is 12.9. The lowest BCUT2D eigenvalue weighted by Gasteiger charge is -2.10. The fraction of sp³-hybridized carbons (Fsp3) is 0.231. The van der Waals surface area contributed by atoms with E-state index in [0.717, 1.165) is 43.2 Å². The number of carbonyl (C=O) groups excluding carboxylic acids is 2. The van der Waals surface area contributed by atoms with E-state index in [1.807, 2.05) is 12.2 Å². The van der Waals surface area contributed by atoms with E-state index < -0.39 is 0 Å². The van der Waals surface area contributed by atoms with Crippen LogP contribution < -0.4 is 0 Å². The second-order valence-corrected chi connectivity index (χ2v) is 10.2. The Bertz CT molecular complexity index is 1080. The van der Waals surface area contributed by atoms with Crippen molar-refractivity contribution < 1.29 is 9.59 Å². The standard InChI is InChI=1S/C26H24O2S2/c1-13-7-15(3)23(16(4)8-13)21-11-19(25(27)29-21)20-12-22(30-26(20)28)24-17(5)9-14(2)10-18(24)6/h7-12H,1-6H3/b20-19+. The zero-order valence-corrected chi connectivity index (χ0v) is 19.7. The van der Waals surface area contributed by atoms with Crippen LogP contribution >= 0.6 is 23.5 Å². The van der Waals surface area contributed by atoms with E-state index in [0.29, 0.717) is 11.1 Å². The van der Waals surface area contributed by atoms with Crippen LogP contribution in [0, 0.1) is 41.5 Å². The summed E-state index contributed by atoms with van der Waals surface area (Å²) < 4.78 is 0. The molecule has 0 atom stereocenters. The van der Waals surface area contributed by atoms with Crippen LogP contribution in [-0.2, 0) is 9.59 Å². The number of benzene rings is 2. The number of carbonyl (C=O) groups is 2. The minimum atomic E-state index is -0.0526. The molecule has 0 aliphatic carbocycles. The number of allylic oxidation sites excluding steroid dienone is 2. The average molecular weight is 433 g/mol. The highest BCUT2D eigenvalue weighted by Gasteiger charge is 2.32. The molecule has 0 unspecified atom stereocenters. The van der Waals surface area contributed by atoms with E-state index in [-0.39, 0.29) is 10.2 Å². The number of aryl methyl sites for hydroxylation is 6. The summed E-state index contributed by atoms with van der Waals surface area (Å²) >= 11 is 2.46. The van der Waals surface area contributed by atoms with Gasteiger partial charge in [0.1, 0.15) is 0 Å². The van der Waals surface area contributed by atoms with E-state index in [2.05, 4.69) is 65.8 Å². The van der Waals surface area contributed by atoms with Crippen molar-refractivity contribution in [3.05, 3.63) is 92.1 Å². The molecule has 0 saturated carbocycles. The topological polar surface area (TPSA) is 34.1 Å². The van der Waals surface area contributed by atoms with Crippen molar-refractivity contribution in [1.29, 1.82) is 0 Å².